The molecule has 102 valence electrons. The van der Waals surface area contributed by atoms with Gasteiger partial charge in [-0.05, 0) is 35.0 Å². The number of para-hydroxylation sites is 2. The minimum absolute atomic E-state index is 0.390. The Hall–Kier alpha value is -2.32. The lowest BCUT2D eigenvalue weighted by atomic mass is 10.1. The fraction of sp³-hybridized carbons (Fsp3) is 0.0556. The number of aromatic nitrogens is 2. The summed E-state index contributed by atoms with van der Waals surface area (Å²) in [5.74, 6) is 1.26. The van der Waals surface area contributed by atoms with E-state index >= 15 is 0 Å². The third-order valence-corrected chi connectivity index (χ3v) is 3.98. The van der Waals surface area contributed by atoms with Crippen LogP contribution in [0.3, 0.4) is 0 Å². The van der Waals surface area contributed by atoms with Crippen molar-refractivity contribution in [3.63, 3.8) is 0 Å². The molecule has 0 N–H and O–H groups in total. The van der Waals surface area contributed by atoms with Crippen LogP contribution in [0.5, 0.6) is 0 Å². The Bertz CT molecular complexity index is 940. The summed E-state index contributed by atoms with van der Waals surface area (Å²) >= 11 is 6.09. The highest BCUT2D eigenvalue weighted by Crippen LogP contribution is 2.25. The van der Waals surface area contributed by atoms with E-state index in [1.165, 1.54) is 10.8 Å². The Kier molecular flexibility index (Phi) is 2.90. The topological polar surface area (TPSA) is 17.8 Å². The maximum absolute atomic E-state index is 6.09. The molecule has 0 bridgehead atoms. The van der Waals surface area contributed by atoms with Gasteiger partial charge in [-0.25, -0.2) is 4.98 Å². The van der Waals surface area contributed by atoms with E-state index in [-0.39, 0.29) is 0 Å². The SMILES string of the molecule is ClCc1nc2ccccc2n1-c1ccc2ccccc2c1. The van der Waals surface area contributed by atoms with E-state index in [2.05, 4.69) is 58.1 Å². The molecule has 0 saturated heterocycles. The zero-order valence-electron chi connectivity index (χ0n) is 11.3. The molecule has 0 aliphatic heterocycles. The number of fused-ring (bicyclic) bond motifs is 2. The van der Waals surface area contributed by atoms with Gasteiger partial charge in [-0.3, -0.25) is 4.57 Å². The lowest BCUT2D eigenvalue weighted by molar-refractivity contribution is 0.984. The van der Waals surface area contributed by atoms with Crippen LogP contribution >= 0.6 is 11.6 Å². The van der Waals surface area contributed by atoms with Crippen molar-refractivity contribution in [3.05, 3.63) is 72.6 Å². The average Bonchev–Trinajstić information content (AvgIpc) is 2.93. The summed E-state index contributed by atoms with van der Waals surface area (Å²) in [6, 6.07) is 22.9. The molecular formula is C18H13ClN2. The van der Waals surface area contributed by atoms with Crippen LogP contribution in [0.4, 0.5) is 0 Å². The number of imidazole rings is 1. The molecule has 0 atom stereocenters. The molecule has 0 fully saturated rings. The molecule has 0 spiro atoms. The monoisotopic (exact) mass is 292 g/mol. The van der Waals surface area contributed by atoms with Crippen LogP contribution < -0.4 is 0 Å². The zero-order valence-corrected chi connectivity index (χ0v) is 12.1. The summed E-state index contributed by atoms with van der Waals surface area (Å²) < 4.78 is 2.13. The highest BCUT2D eigenvalue weighted by Gasteiger charge is 2.11. The maximum atomic E-state index is 6.09. The van der Waals surface area contributed by atoms with Crippen molar-refractivity contribution in [1.82, 2.24) is 9.55 Å². The molecule has 4 rings (SSSR count). The van der Waals surface area contributed by atoms with Crippen molar-refractivity contribution in [2.45, 2.75) is 5.88 Å². The van der Waals surface area contributed by atoms with Crippen LogP contribution in [0.25, 0.3) is 27.5 Å². The van der Waals surface area contributed by atoms with Crippen molar-refractivity contribution in [1.29, 1.82) is 0 Å². The lowest BCUT2D eigenvalue weighted by Gasteiger charge is -2.09. The third kappa shape index (κ3) is 1.99. The van der Waals surface area contributed by atoms with Gasteiger partial charge in [-0.2, -0.15) is 0 Å². The number of hydrogen-bond donors (Lipinski definition) is 0. The molecule has 2 nitrogen and oxygen atoms in total. The number of benzene rings is 3. The predicted molar refractivity (Wildman–Crippen MR) is 88.1 cm³/mol. The van der Waals surface area contributed by atoms with Gasteiger partial charge in [0.15, 0.2) is 0 Å². The largest absolute Gasteiger partial charge is 0.295 e. The molecule has 0 aliphatic carbocycles. The van der Waals surface area contributed by atoms with E-state index < -0.39 is 0 Å². The Morgan fingerprint density at radius 1 is 0.857 bits per heavy atom. The first kappa shape index (κ1) is 12.4. The Balaban J connectivity index is 2.03. The molecule has 0 aliphatic rings. The number of halogens is 1. The van der Waals surface area contributed by atoms with E-state index in [1.54, 1.807) is 0 Å². The van der Waals surface area contributed by atoms with E-state index in [0.717, 1.165) is 22.5 Å². The van der Waals surface area contributed by atoms with E-state index in [4.69, 9.17) is 11.6 Å². The fourth-order valence-corrected chi connectivity index (χ4v) is 2.95. The van der Waals surface area contributed by atoms with Gasteiger partial charge in [0, 0.05) is 5.69 Å². The number of hydrogen-bond acceptors (Lipinski definition) is 1. The van der Waals surface area contributed by atoms with Gasteiger partial charge in [-0.15, -0.1) is 11.6 Å². The highest BCUT2D eigenvalue weighted by molar-refractivity contribution is 6.17. The van der Waals surface area contributed by atoms with Crippen molar-refractivity contribution in [2.75, 3.05) is 0 Å². The molecule has 0 saturated carbocycles. The standard InChI is InChI=1S/C18H13ClN2/c19-12-18-20-16-7-3-4-8-17(16)21(18)15-10-9-13-5-1-2-6-14(13)11-15/h1-11H,12H2. The molecule has 0 amide bonds. The van der Waals surface area contributed by atoms with Gasteiger partial charge >= 0.3 is 0 Å². The number of nitrogens with zero attached hydrogens (tertiary/aromatic N) is 2. The molecule has 0 radical (unpaired) electrons. The quantitative estimate of drug-likeness (QED) is 0.480. The minimum Gasteiger partial charge on any atom is -0.295 e. The second-order valence-electron chi connectivity index (χ2n) is 5.02. The zero-order chi connectivity index (χ0) is 14.2. The summed E-state index contributed by atoms with van der Waals surface area (Å²) in [5.41, 5.74) is 3.16. The highest BCUT2D eigenvalue weighted by atomic mass is 35.5. The minimum atomic E-state index is 0.390. The Labute approximate surface area is 127 Å². The Morgan fingerprint density at radius 2 is 1.62 bits per heavy atom. The second kappa shape index (κ2) is 4.90. The fourth-order valence-electron chi connectivity index (χ4n) is 2.77. The summed E-state index contributed by atoms with van der Waals surface area (Å²) in [6.07, 6.45) is 0. The summed E-state index contributed by atoms with van der Waals surface area (Å²) in [6.45, 7) is 0. The van der Waals surface area contributed by atoms with Gasteiger partial charge in [0.2, 0.25) is 0 Å². The smallest absolute Gasteiger partial charge is 0.129 e. The summed E-state index contributed by atoms with van der Waals surface area (Å²) in [5, 5.41) is 2.45. The molecule has 0 unspecified atom stereocenters. The van der Waals surface area contributed by atoms with Crippen LogP contribution in [0.2, 0.25) is 0 Å². The van der Waals surface area contributed by atoms with Crippen LogP contribution in [-0.2, 0) is 5.88 Å². The second-order valence-corrected chi connectivity index (χ2v) is 5.28. The molecule has 1 aromatic heterocycles. The van der Waals surface area contributed by atoms with Crippen molar-refractivity contribution in [3.8, 4) is 5.69 Å². The van der Waals surface area contributed by atoms with Crippen LogP contribution in [0, 0.1) is 0 Å². The maximum Gasteiger partial charge on any atom is 0.129 e. The summed E-state index contributed by atoms with van der Waals surface area (Å²) in [7, 11) is 0. The van der Waals surface area contributed by atoms with Crippen molar-refractivity contribution in [2.24, 2.45) is 0 Å². The molecule has 1 heterocycles. The van der Waals surface area contributed by atoms with Gasteiger partial charge in [0.1, 0.15) is 5.82 Å². The normalized spacial score (nSPS) is 11.3. The number of alkyl halides is 1. The van der Waals surface area contributed by atoms with Crippen molar-refractivity contribution >= 4 is 33.4 Å². The van der Waals surface area contributed by atoms with Gasteiger partial charge < -0.3 is 0 Å². The molecule has 4 aromatic rings. The lowest BCUT2D eigenvalue weighted by Crippen LogP contribution is -1.99. The van der Waals surface area contributed by atoms with E-state index in [1.807, 2.05) is 18.2 Å². The first-order valence-corrected chi connectivity index (χ1v) is 7.42. The van der Waals surface area contributed by atoms with E-state index in [0.29, 0.717) is 5.88 Å². The number of rotatable bonds is 2. The summed E-state index contributed by atoms with van der Waals surface area (Å²) in [4.78, 5) is 4.62. The van der Waals surface area contributed by atoms with Gasteiger partial charge in [0.25, 0.3) is 0 Å². The molecule has 3 heteroatoms. The van der Waals surface area contributed by atoms with Gasteiger partial charge in [-0.1, -0.05) is 42.5 Å². The molecule has 3 aromatic carbocycles. The predicted octanol–water partition coefficient (Wildman–Crippen LogP) is 4.92. The Morgan fingerprint density at radius 3 is 2.48 bits per heavy atom. The van der Waals surface area contributed by atoms with Crippen LogP contribution in [-0.4, -0.2) is 9.55 Å². The first-order chi connectivity index (χ1) is 10.4. The van der Waals surface area contributed by atoms with Crippen molar-refractivity contribution < 1.29 is 0 Å². The van der Waals surface area contributed by atoms with E-state index in [9.17, 15) is 0 Å². The molecule has 21 heavy (non-hydrogen) atoms. The first-order valence-electron chi connectivity index (χ1n) is 6.88. The molecular weight excluding hydrogens is 280 g/mol. The third-order valence-electron chi connectivity index (χ3n) is 3.74. The van der Waals surface area contributed by atoms with Crippen LogP contribution in [0.15, 0.2) is 66.7 Å². The van der Waals surface area contributed by atoms with Crippen LogP contribution in [0.1, 0.15) is 5.82 Å². The average molecular weight is 293 g/mol. The van der Waals surface area contributed by atoms with Gasteiger partial charge in [0.05, 0.1) is 16.9 Å².